The molecule has 0 aromatic heterocycles. The number of halogens is 1. The van der Waals surface area contributed by atoms with Crippen LogP contribution in [0, 0.1) is 30.5 Å². The van der Waals surface area contributed by atoms with Crippen LogP contribution in [0.1, 0.15) is 147 Å². The third kappa shape index (κ3) is 16.0. The van der Waals surface area contributed by atoms with Gasteiger partial charge in [0.1, 0.15) is 11.6 Å². The number of hydrogen-bond donors (Lipinski definition) is 0. The molecule has 1 nitrogen and oxygen atoms in total. The third-order valence-corrected chi connectivity index (χ3v) is 9.07. The number of aryl methyl sites for hydroxylation is 1. The number of Topliss-reactive ketones (excluding diaryl/α,β-unsaturated/α-hetero) is 1. The Morgan fingerprint density at radius 3 is 2.03 bits per heavy atom. The molecule has 214 valence electrons. The summed E-state index contributed by atoms with van der Waals surface area (Å²) in [6.45, 7) is 10.9. The first-order chi connectivity index (χ1) is 17.8. The summed E-state index contributed by atoms with van der Waals surface area (Å²) in [5.74, 6) is 4.19. The van der Waals surface area contributed by atoms with E-state index in [1.807, 2.05) is 25.3 Å². The lowest BCUT2D eigenvalue weighted by molar-refractivity contribution is -0.124. The molecule has 3 saturated carbocycles. The third-order valence-electron chi connectivity index (χ3n) is 8.46. The van der Waals surface area contributed by atoms with Gasteiger partial charge in [-0.25, -0.2) is 4.39 Å². The zero-order chi connectivity index (χ0) is 27.5. The lowest BCUT2D eigenvalue weighted by Gasteiger charge is -2.23. The smallest absolute Gasteiger partial charge is 0.136 e. The first-order valence-corrected chi connectivity index (χ1v) is 17.0. The van der Waals surface area contributed by atoms with Crippen LogP contribution in [-0.2, 0) is 4.79 Å². The monoisotopic (exact) mass is 534 g/mol. The second kappa shape index (κ2) is 21.0. The number of carbonyl (C=O) groups is 1. The number of hydrogen-bond acceptors (Lipinski definition) is 2. The molecular weight excluding hydrogens is 475 g/mol. The van der Waals surface area contributed by atoms with Crippen molar-refractivity contribution in [3.8, 4) is 0 Å². The van der Waals surface area contributed by atoms with Crippen molar-refractivity contribution < 1.29 is 9.18 Å². The van der Waals surface area contributed by atoms with E-state index in [1.54, 1.807) is 17.8 Å². The Bertz CT molecular complexity index is 702. The Morgan fingerprint density at radius 1 is 0.973 bits per heavy atom. The van der Waals surface area contributed by atoms with Gasteiger partial charge in [0.25, 0.3) is 0 Å². The molecule has 3 fully saturated rings. The minimum Gasteiger partial charge on any atom is -0.299 e. The van der Waals surface area contributed by atoms with Crippen LogP contribution in [0.25, 0.3) is 0 Å². The quantitative estimate of drug-likeness (QED) is 0.248. The minimum absolute atomic E-state index is 0.0958. The fourth-order valence-corrected chi connectivity index (χ4v) is 4.74. The highest BCUT2D eigenvalue weighted by Crippen LogP contribution is 2.31. The molecule has 37 heavy (non-hydrogen) atoms. The fourth-order valence-electron chi connectivity index (χ4n) is 4.34. The fraction of sp³-hybridized carbons (Fsp3) is 0.794. The van der Waals surface area contributed by atoms with E-state index in [0.29, 0.717) is 23.5 Å². The van der Waals surface area contributed by atoms with E-state index in [0.717, 1.165) is 36.5 Å². The lowest BCUT2D eigenvalue weighted by Crippen LogP contribution is -2.21. The first-order valence-electron chi connectivity index (χ1n) is 15.6. The Balaban J connectivity index is 0.000000295. The van der Waals surface area contributed by atoms with Crippen molar-refractivity contribution in [3.05, 3.63) is 35.1 Å². The standard InChI is InChI=1S/C17H27F.C8H14OS.C5H10.C4H8/c1-5-6-7-8-9-13(2)15(4)16-10-11-17(18)14(3)12-16;1-10-6-5-8(9)7-3-2-4-7;1-2-5-3-4-5;1-2-4-3-1/h10-13,15H,5-9H2,1-4H3;7H,2-6H2,1H3;5H,2-4H2,1H3;1-4H2. The predicted molar refractivity (Wildman–Crippen MR) is 164 cm³/mol. The molecule has 0 spiro atoms. The summed E-state index contributed by atoms with van der Waals surface area (Å²) in [6.07, 6.45) is 23.5. The van der Waals surface area contributed by atoms with Gasteiger partial charge in [-0.1, -0.05) is 123 Å². The van der Waals surface area contributed by atoms with E-state index in [1.165, 1.54) is 89.0 Å². The summed E-state index contributed by atoms with van der Waals surface area (Å²) in [5.41, 5.74) is 2.04. The van der Waals surface area contributed by atoms with Crippen molar-refractivity contribution in [2.45, 2.75) is 143 Å². The topological polar surface area (TPSA) is 17.1 Å². The van der Waals surface area contributed by atoms with E-state index < -0.39 is 0 Å². The Labute approximate surface area is 234 Å². The molecule has 2 atom stereocenters. The molecule has 0 radical (unpaired) electrons. The van der Waals surface area contributed by atoms with E-state index in [4.69, 9.17) is 0 Å². The molecule has 0 amide bonds. The van der Waals surface area contributed by atoms with Crippen molar-refractivity contribution in [2.75, 3.05) is 12.0 Å². The van der Waals surface area contributed by atoms with Gasteiger partial charge in [0.05, 0.1) is 0 Å². The summed E-state index contributed by atoms with van der Waals surface area (Å²) in [6, 6.07) is 5.54. The zero-order valence-electron chi connectivity index (χ0n) is 25.3. The van der Waals surface area contributed by atoms with Crippen LogP contribution in [0.15, 0.2) is 18.2 Å². The van der Waals surface area contributed by atoms with Crippen molar-refractivity contribution in [2.24, 2.45) is 17.8 Å². The number of thioether (sulfide) groups is 1. The normalized spacial score (nSPS) is 17.8. The molecule has 0 saturated heterocycles. The molecule has 3 aliphatic rings. The van der Waals surface area contributed by atoms with E-state index >= 15 is 0 Å². The summed E-state index contributed by atoms with van der Waals surface area (Å²) in [7, 11) is 0. The molecule has 0 heterocycles. The predicted octanol–water partition coefficient (Wildman–Crippen LogP) is 11.3. The average Bonchev–Trinajstić information content (AvgIpc) is 3.65. The molecule has 0 N–H and O–H groups in total. The maximum absolute atomic E-state index is 13.3. The molecule has 0 aliphatic heterocycles. The molecule has 2 unspecified atom stereocenters. The van der Waals surface area contributed by atoms with Crippen LogP contribution in [0.5, 0.6) is 0 Å². The van der Waals surface area contributed by atoms with Gasteiger partial charge in [-0.05, 0) is 66.7 Å². The summed E-state index contributed by atoms with van der Waals surface area (Å²) in [4.78, 5) is 11.2. The number of ketones is 1. The molecule has 1 aromatic rings. The van der Waals surface area contributed by atoms with Gasteiger partial charge in [-0.3, -0.25) is 4.79 Å². The lowest BCUT2D eigenvalue weighted by atomic mass is 9.81. The average molecular weight is 535 g/mol. The van der Waals surface area contributed by atoms with Crippen LogP contribution >= 0.6 is 11.8 Å². The first kappa shape index (κ1) is 34.2. The zero-order valence-corrected chi connectivity index (χ0v) is 26.1. The van der Waals surface area contributed by atoms with Crippen LogP contribution in [0.4, 0.5) is 4.39 Å². The van der Waals surface area contributed by atoms with Crippen molar-refractivity contribution in [3.63, 3.8) is 0 Å². The highest BCUT2D eigenvalue weighted by molar-refractivity contribution is 7.98. The highest BCUT2D eigenvalue weighted by atomic mass is 32.2. The number of benzene rings is 1. The van der Waals surface area contributed by atoms with Crippen LogP contribution in [0.2, 0.25) is 0 Å². The molecule has 3 heteroatoms. The Kier molecular flexibility index (Phi) is 19.5. The second-order valence-electron chi connectivity index (χ2n) is 11.7. The second-order valence-corrected chi connectivity index (χ2v) is 12.7. The van der Waals surface area contributed by atoms with Gasteiger partial charge in [-0.2, -0.15) is 11.8 Å². The van der Waals surface area contributed by atoms with Gasteiger partial charge in [-0.15, -0.1) is 0 Å². The van der Waals surface area contributed by atoms with E-state index in [9.17, 15) is 9.18 Å². The Morgan fingerprint density at radius 2 is 1.62 bits per heavy atom. The summed E-state index contributed by atoms with van der Waals surface area (Å²) in [5, 5.41) is 0. The van der Waals surface area contributed by atoms with Crippen LogP contribution in [0.3, 0.4) is 0 Å². The highest BCUT2D eigenvalue weighted by Gasteiger charge is 2.24. The van der Waals surface area contributed by atoms with Gasteiger partial charge in [0.2, 0.25) is 0 Å². The summed E-state index contributed by atoms with van der Waals surface area (Å²) < 4.78 is 13.3. The maximum atomic E-state index is 13.3. The van der Waals surface area contributed by atoms with Crippen molar-refractivity contribution >= 4 is 17.5 Å². The molecule has 3 aliphatic carbocycles. The molecular formula is C34H59FOS. The van der Waals surface area contributed by atoms with Crippen LogP contribution in [-0.4, -0.2) is 17.8 Å². The van der Waals surface area contributed by atoms with Crippen molar-refractivity contribution in [1.82, 2.24) is 0 Å². The SMILES string of the molecule is C1CCC1.CCC1CC1.CCCCCCC(C)C(C)c1ccc(F)c(C)c1.CSCCC(=O)C1CCC1. The maximum Gasteiger partial charge on any atom is 0.136 e. The largest absolute Gasteiger partial charge is 0.299 e. The van der Waals surface area contributed by atoms with E-state index in [2.05, 4.69) is 27.7 Å². The number of unbranched alkanes of at least 4 members (excludes halogenated alkanes) is 3. The van der Waals surface area contributed by atoms with Gasteiger partial charge < -0.3 is 0 Å². The minimum atomic E-state index is -0.0958. The van der Waals surface area contributed by atoms with Gasteiger partial charge in [0, 0.05) is 12.3 Å². The number of rotatable bonds is 12. The van der Waals surface area contributed by atoms with Gasteiger partial charge in [0.15, 0.2) is 0 Å². The van der Waals surface area contributed by atoms with Crippen molar-refractivity contribution in [1.29, 1.82) is 0 Å². The molecule has 0 bridgehead atoms. The summed E-state index contributed by atoms with van der Waals surface area (Å²) >= 11 is 1.76. The number of carbonyl (C=O) groups excluding carboxylic acids is 1. The molecule has 4 rings (SSSR count). The van der Waals surface area contributed by atoms with Crippen LogP contribution < -0.4 is 0 Å². The Hall–Kier alpha value is -0.830. The van der Waals surface area contributed by atoms with Gasteiger partial charge >= 0.3 is 0 Å². The molecule has 1 aromatic carbocycles. The van der Waals surface area contributed by atoms with E-state index in [-0.39, 0.29) is 5.82 Å².